The lowest BCUT2D eigenvalue weighted by molar-refractivity contribution is -0.122. The number of nitrogens with zero attached hydrogens (tertiary/aromatic N) is 2. The number of furan rings is 1. The highest BCUT2D eigenvalue weighted by Crippen LogP contribution is 2.46. The normalized spacial score (nSPS) is 21.8. The fraction of sp³-hybridized carbons (Fsp3) is 0.520. The quantitative estimate of drug-likeness (QED) is 0.787. The molecule has 3 amide bonds. The Hall–Kier alpha value is -2.96. The molecule has 1 spiro atoms. The van der Waals surface area contributed by atoms with E-state index in [-0.39, 0.29) is 23.5 Å². The molecule has 7 nitrogen and oxygen atoms in total. The van der Waals surface area contributed by atoms with Gasteiger partial charge in [-0.05, 0) is 43.0 Å². The number of rotatable bonds is 4. The van der Waals surface area contributed by atoms with Crippen LogP contribution in [0.3, 0.4) is 0 Å². The van der Waals surface area contributed by atoms with Crippen LogP contribution in [-0.2, 0) is 11.3 Å². The van der Waals surface area contributed by atoms with Crippen molar-refractivity contribution < 1.29 is 18.7 Å². The van der Waals surface area contributed by atoms with E-state index < -0.39 is 0 Å². The summed E-state index contributed by atoms with van der Waals surface area (Å²) < 4.78 is 11.9. The number of ether oxygens (including phenoxy) is 1. The summed E-state index contributed by atoms with van der Waals surface area (Å²) in [7, 11) is 0. The van der Waals surface area contributed by atoms with Crippen LogP contribution in [0.4, 0.5) is 4.79 Å². The van der Waals surface area contributed by atoms with Crippen LogP contribution in [0, 0.1) is 0 Å². The molecule has 7 heteroatoms. The van der Waals surface area contributed by atoms with E-state index >= 15 is 0 Å². The number of carbonyl (C=O) groups excluding carboxylic acids is 2. The zero-order valence-electron chi connectivity index (χ0n) is 18.4. The second kappa shape index (κ2) is 8.88. The minimum atomic E-state index is -0.317. The molecule has 0 saturated carbocycles. The molecule has 1 N–H and O–H groups in total. The molecule has 1 atom stereocenters. The minimum Gasteiger partial charge on any atom is -0.487 e. The molecule has 2 fully saturated rings. The summed E-state index contributed by atoms with van der Waals surface area (Å²) in [6, 6.07) is 11.9. The topological polar surface area (TPSA) is 75.0 Å². The predicted octanol–water partition coefficient (Wildman–Crippen LogP) is 3.90. The standard InChI is InChI=1S/C25H31N3O4/c29-23(26-18-20-6-5-15-31-20)16-19-17-25(32-22-8-2-1-7-21(19)22)9-13-28(14-10-25)24(30)27-11-3-4-12-27/h1-2,5-8,15,19H,3-4,9-14,16-18H2,(H,26,29)/t19-/m0/s1. The van der Waals surface area contributed by atoms with Crippen LogP contribution in [0.25, 0.3) is 0 Å². The lowest BCUT2D eigenvalue weighted by Crippen LogP contribution is -2.54. The first-order valence-corrected chi connectivity index (χ1v) is 11.7. The first kappa shape index (κ1) is 20.9. The summed E-state index contributed by atoms with van der Waals surface area (Å²) in [5, 5.41) is 2.98. The number of nitrogens with one attached hydrogen (secondary N) is 1. The van der Waals surface area contributed by atoms with Crippen LogP contribution >= 0.6 is 0 Å². The Balaban J connectivity index is 1.25. The van der Waals surface area contributed by atoms with Crippen LogP contribution in [0.1, 0.15) is 55.8 Å². The van der Waals surface area contributed by atoms with Crippen LogP contribution < -0.4 is 10.1 Å². The van der Waals surface area contributed by atoms with Crippen molar-refractivity contribution in [1.82, 2.24) is 15.1 Å². The number of urea groups is 1. The predicted molar refractivity (Wildman–Crippen MR) is 119 cm³/mol. The second-order valence-corrected chi connectivity index (χ2v) is 9.25. The van der Waals surface area contributed by atoms with Gasteiger partial charge in [0.2, 0.25) is 5.91 Å². The average molecular weight is 438 g/mol. The van der Waals surface area contributed by atoms with Crippen LogP contribution in [0.2, 0.25) is 0 Å². The van der Waals surface area contributed by atoms with Gasteiger partial charge < -0.3 is 24.3 Å². The third-order valence-corrected chi connectivity index (χ3v) is 7.10. The maximum Gasteiger partial charge on any atom is 0.320 e. The van der Waals surface area contributed by atoms with Crippen molar-refractivity contribution in [2.45, 2.75) is 56.6 Å². The second-order valence-electron chi connectivity index (χ2n) is 9.25. The average Bonchev–Trinajstić information content (AvgIpc) is 3.52. The van der Waals surface area contributed by atoms with E-state index in [1.807, 2.05) is 40.1 Å². The van der Waals surface area contributed by atoms with Crippen molar-refractivity contribution >= 4 is 11.9 Å². The Bertz CT molecular complexity index is 944. The third kappa shape index (κ3) is 4.33. The van der Waals surface area contributed by atoms with Crippen LogP contribution in [0.15, 0.2) is 47.1 Å². The molecular formula is C25H31N3O4. The Morgan fingerprint density at radius 1 is 1.00 bits per heavy atom. The van der Waals surface area contributed by atoms with Crippen molar-refractivity contribution in [2.24, 2.45) is 0 Å². The van der Waals surface area contributed by atoms with Gasteiger partial charge in [0.25, 0.3) is 0 Å². The Morgan fingerprint density at radius 3 is 2.50 bits per heavy atom. The molecule has 2 saturated heterocycles. The van der Waals surface area contributed by atoms with E-state index in [4.69, 9.17) is 9.15 Å². The molecule has 3 aliphatic heterocycles. The van der Waals surface area contributed by atoms with E-state index in [9.17, 15) is 9.59 Å². The first-order chi connectivity index (χ1) is 15.6. The van der Waals surface area contributed by atoms with Crippen molar-refractivity contribution in [3.8, 4) is 5.75 Å². The molecule has 0 radical (unpaired) electrons. The third-order valence-electron chi connectivity index (χ3n) is 7.10. The Morgan fingerprint density at radius 2 is 1.75 bits per heavy atom. The van der Waals surface area contributed by atoms with Gasteiger partial charge in [0.15, 0.2) is 0 Å². The van der Waals surface area contributed by atoms with Gasteiger partial charge in [-0.3, -0.25) is 4.79 Å². The van der Waals surface area contributed by atoms with E-state index in [2.05, 4.69) is 11.4 Å². The SMILES string of the molecule is O=C(C[C@H]1CC2(CCN(C(=O)N3CCCC3)CC2)Oc2ccccc21)NCc1ccco1. The van der Waals surface area contributed by atoms with Gasteiger partial charge >= 0.3 is 6.03 Å². The molecule has 4 heterocycles. The lowest BCUT2D eigenvalue weighted by Gasteiger charge is -2.47. The van der Waals surface area contributed by atoms with Gasteiger partial charge in [-0.1, -0.05) is 18.2 Å². The fourth-order valence-corrected chi connectivity index (χ4v) is 5.34. The number of hydrogen-bond donors (Lipinski definition) is 1. The van der Waals surface area contributed by atoms with Gasteiger partial charge in [0.1, 0.15) is 17.1 Å². The van der Waals surface area contributed by atoms with Gasteiger partial charge in [-0.25, -0.2) is 4.79 Å². The van der Waals surface area contributed by atoms with E-state index in [1.165, 1.54) is 0 Å². The smallest absolute Gasteiger partial charge is 0.320 e. The minimum absolute atomic E-state index is 0.0138. The number of piperidine rings is 1. The summed E-state index contributed by atoms with van der Waals surface area (Å²) in [5.41, 5.74) is 0.782. The molecule has 170 valence electrons. The molecule has 1 aromatic heterocycles. The molecule has 0 aliphatic carbocycles. The first-order valence-electron chi connectivity index (χ1n) is 11.7. The summed E-state index contributed by atoms with van der Waals surface area (Å²) >= 11 is 0. The number of fused-ring (bicyclic) bond motifs is 1. The van der Waals surface area contributed by atoms with Gasteiger partial charge in [-0.15, -0.1) is 0 Å². The molecule has 5 rings (SSSR count). The van der Waals surface area contributed by atoms with E-state index in [0.29, 0.717) is 26.1 Å². The number of likely N-dealkylation sites (tertiary alicyclic amines) is 2. The van der Waals surface area contributed by atoms with E-state index in [0.717, 1.165) is 62.3 Å². The zero-order chi connectivity index (χ0) is 22.0. The monoisotopic (exact) mass is 437 g/mol. The molecule has 0 bridgehead atoms. The Kier molecular flexibility index (Phi) is 5.81. The summed E-state index contributed by atoms with van der Waals surface area (Å²) in [5.74, 6) is 1.73. The van der Waals surface area contributed by atoms with Crippen molar-refractivity contribution in [3.05, 3.63) is 54.0 Å². The largest absolute Gasteiger partial charge is 0.487 e. The van der Waals surface area contributed by atoms with Crippen molar-refractivity contribution in [1.29, 1.82) is 0 Å². The number of carbonyl (C=O) groups is 2. The highest BCUT2D eigenvalue weighted by atomic mass is 16.5. The maximum atomic E-state index is 12.8. The molecule has 3 aliphatic rings. The van der Waals surface area contributed by atoms with Crippen LogP contribution in [-0.4, -0.2) is 53.5 Å². The molecule has 32 heavy (non-hydrogen) atoms. The molecule has 1 aromatic carbocycles. The number of para-hydroxylation sites is 1. The van der Waals surface area contributed by atoms with Crippen molar-refractivity contribution in [3.63, 3.8) is 0 Å². The number of benzene rings is 1. The molecular weight excluding hydrogens is 406 g/mol. The Labute approximate surface area is 188 Å². The van der Waals surface area contributed by atoms with Gasteiger partial charge in [0.05, 0.1) is 12.8 Å². The summed E-state index contributed by atoms with van der Waals surface area (Å²) in [4.78, 5) is 29.5. The number of hydrogen-bond acceptors (Lipinski definition) is 4. The summed E-state index contributed by atoms with van der Waals surface area (Å²) in [6.45, 7) is 3.55. The van der Waals surface area contributed by atoms with E-state index in [1.54, 1.807) is 6.26 Å². The van der Waals surface area contributed by atoms with Crippen molar-refractivity contribution in [2.75, 3.05) is 26.2 Å². The fourth-order valence-electron chi connectivity index (χ4n) is 5.34. The highest BCUT2D eigenvalue weighted by molar-refractivity contribution is 5.77. The zero-order valence-corrected chi connectivity index (χ0v) is 18.4. The maximum absolute atomic E-state index is 12.8. The van der Waals surface area contributed by atoms with Gasteiger partial charge in [0, 0.05) is 51.4 Å². The highest BCUT2D eigenvalue weighted by Gasteiger charge is 2.44. The molecule has 0 unspecified atom stereocenters. The number of amides is 3. The van der Waals surface area contributed by atoms with Gasteiger partial charge in [-0.2, -0.15) is 0 Å². The lowest BCUT2D eigenvalue weighted by atomic mass is 9.76. The molecule has 2 aromatic rings. The summed E-state index contributed by atoms with van der Waals surface area (Å²) in [6.07, 6.45) is 6.63. The van der Waals surface area contributed by atoms with Crippen LogP contribution in [0.5, 0.6) is 5.75 Å².